The minimum absolute atomic E-state index is 0.256. The Kier molecular flexibility index (Phi) is 4.70. The fourth-order valence-electron chi connectivity index (χ4n) is 3.82. The van der Waals surface area contributed by atoms with Crippen molar-refractivity contribution in [3.05, 3.63) is 64.1 Å². The maximum absolute atomic E-state index is 14.1. The molecule has 4 rings (SSSR count). The van der Waals surface area contributed by atoms with Crippen LogP contribution in [0, 0.1) is 5.82 Å². The number of allylic oxidation sites excluding steroid dienone is 1. The fourth-order valence-corrected chi connectivity index (χ4v) is 3.99. The zero-order chi connectivity index (χ0) is 19.1. The SMILES string of the molecule is COc1ccc(C(C)=Cn2c3c(c4cc(Cl)ccc42)CCN(C)C3)cc1F. The monoisotopic (exact) mass is 384 g/mol. The van der Waals surface area contributed by atoms with Gasteiger partial charge in [0.2, 0.25) is 0 Å². The number of rotatable bonds is 3. The van der Waals surface area contributed by atoms with Crippen molar-refractivity contribution in [2.75, 3.05) is 20.7 Å². The van der Waals surface area contributed by atoms with Crippen LogP contribution in [0.15, 0.2) is 36.4 Å². The second-order valence-electron chi connectivity index (χ2n) is 7.11. The highest BCUT2D eigenvalue weighted by molar-refractivity contribution is 6.31. The number of aromatic nitrogens is 1. The number of hydrogen-bond donors (Lipinski definition) is 0. The van der Waals surface area contributed by atoms with Crippen molar-refractivity contribution < 1.29 is 9.13 Å². The molecule has 27 heavy (non-hydrogen) atoms. The number of benzene rings is 2. The van der Waals surface area contributed by atoms with E-state index in [-0.39, 0.29) is 11.6 Å². The number of halogens is 2. The Balaban J connectivity index is 1.87. The van der Waals surface area contributed by atoms with Crippen molar-refractivity contribution in [1.82, 2.24) is 9.47 Å². The second kappa shape index (κ2) is 7.02. The van der Waals surface area contributed by atoms with E-state index in [9.17, 15) is 4.39 Å². The topological polar surface area (TPSA) is 17.4 Å². The highest BCUT2D eigenvalue weighted by atomic mass is 35.5. The van der Waals surface area contributed by atoms with E-state index in [1.165, 1.54) is 29.8 Å². The van der Waals surface area contributed by atoms with Gasteiger partial charge in [-0.3, -0.25) is 0 Å². The molecule has 3 aromatic rings. The van der Waals surface area contributed by atoms with Gasteiger partial charge >= 0.3 is 0 Å². The van der Waals surface area contributed by atoms with Gasteiger partial charge in [0.1, 0.15) is 0 Å². The molecule has 2 aromatic carbocycles. The molecule has 0 N–H and O–H groups in total. The third kappa shape index (κ3) is 3.24. The van der Waals surface area contributed by atoms with Crippen LogP contribution in [-0.4, -0.2) is 30.2 Å². The van der Waals surface area contributed by atoms with Crippen molar-refractivity contribution in [3.63, 3.8) is 0 Å². The van der Waals surface area contributed by atoms with Crippen LogP contribution < -0.4 is 4.74 Å². The summed E-state index contributed by atoms with van der Waals surface area (Å²) in [4.78, 5) is 2.32. The fraction of sp³-hybridized carbons (Fsp3) is 0.273. The third-order valence-electron chi connectivity index (χ3n) is 5.28. The normalized spacial score (nSPS) is 15.2. The van der Waals surface area contributed by atoms with Crippen LogP contribution in [0.4, 0.5) is 4.39 Å². The van der Waals surface area contributed by atoms with Gasteiger partial charge in [-0.1, -0.05) is 17.7 Å². The molecule has 0 atom stereocenters. The lowest BCUT2D eigenvalue weighted by Gasteiger charge is -2.24. The highest BCUT2D eigenvalue weighted by Gasteiger charge is 2.22. The Hall–Kier alpha value is -2.30. The van der Waals surface area contributed by atoms with Gasteiger partial charge in [0.05, 0.1) is 12.6 Å². The Labute approximate surface area is 163 Å². The Morgan fingerprint density at radius 2 is 2.04 bits per heavy atom. The molecule has 0 saturated heterocycles. The lowest BCUT2D eigenvalue weighted by Crippen LogP contribution is -2.27. The maximum Gasteiger partial charge on any atom is 0.165 e. The van der Waals surface area contributed by atoms with Crippen molar-refractivity contribution in [1.29, 1.82) is 0 Å². The van der Waals surface area contributed by atoms with Gasteiger partial charge < -0.3 is 14.2 Å². The molecule has 0 saturated carbocycles. The van der Waals surface area contributed by atoms with Gasteiger partial charge in [0.25, 0.3) is 0 Å². The van der Waals surface area contributed by atoms with Crippen LogP contribution in [0.3, 0.4) is 0 Å². The van der Waals surface area contributed by atoms with Gasteiger partial charge in [-0.15, -0.1) is 0 Å². The predicted molar refractivity (Wildman–Crippen MR) is 110 cm³/mol. The van der Waals surface area contributed by atoms with E-state index in [0.29, 0.717) is 0 Å². The summed E-state index contributed by atoms with van der Waals surface area (Å²) >= 11 is 6.26. The van der Waals surface area contributed by atoms with Crippen molar-refractivity contribution in [2.45, 2.75) is 19.9 Å². The number of methoxy groups -OCH3 is 1. The number of nitrogens with zero attached hydrogens (tertiary/aromatic N) is 2. The maximum atomic E-state index is 14.1. The average molecular weight is 385 g/mol. The zero-order valence-corrected chi connectivity index (χ0v) is 16.5. The van der Waals surface area contributed by atoms with Crippen LogP contribution in [0.1, 0.15) is 23.7 Å². The lowest BCUT2D eigenvalue weighted by atomic mass is 10.0. The van der Waals surface area contributed by atoms with Gasteiger partial charge in [-0.25, -0.2) is 4.39 Å². The summed E-state index contributed by atoms with van der Waals surface area (Å²) in [6, 6.07) is 11.1. The van der Waals surface area contributed by atoms with Crippen molar-refractivity contribution in [2.24, 2.45) is 0 Å². The minimum atomic E-state index is -0.353. The van der Waals surface area contributed by atoms with Crippen LogP contribution in [0.25, 0.3) is 22.7 Å². The standard InChI is InChI=1S/C22H22ClFN2O/c1-14(15-4-7-22(27-3)19(24)10-15)12-26-20-6-5-16(23)11-18(20)17-8-9-25(2)13-21(17)26/h4-7,10-12H,8-9,13H2,1-3H3. The molecule has 0 amide bonds. The summed E-state index contributed by atoms with van der Waals surface area (Å²) in [5.74, 6) is -0.0970. The molecule has 2 heterocycles. The first kappa shape index (κ1) is 18.1. The van der Waals surface area contributed by atoms with E-state index >= 15 is 0 Å². The molecule has 1 aliphatic rings. The first-order valence-electron chi connectivity index (χ1n) is 9.00. The Bertz CT molecular complexity index is 1050. The quantitative estimate of drug-likeness (QED) is 0.597. The van der Waals surface area contributed by atoms with E-state index in [2.05, 4.69) is 28.8 Å². The molecule has 0 aliphatic carbocycles. The molecule has 0 bridgehead atoms. The minimum Gasteiger partial charge on any atom is -0.494 e. The molecule has 1 aromatic heterocycles. The van der Waals surface area contributed by atoms with E-state index < -0.39 is 0 Å². The zero-order valence-electron chi connectivity index (χ0n) is 15.7. The largest absolute Gasteiger partial charge is 0.494 e. The predicted octanol–water partition coefficient (Wildman–Crippen LogP) is 5.45. The van der Waals surface area contributed by atoms with Gasteiger partial charge in [-0.2, -0.15) is 0 Å². The van der Waals surface area contributed by atoms with Gasteiger partial charge in [0.15, 0.2) is 11.6 Å². The van der Waals surface area contributed by atoms with Crippen LogP contribution in [0.2, 0.25) is 5.02 Å². The number of likely N-dealkylation sites (N-methyl/N-ethyl adjacent to an activating group) is 1. The molecular formula is C22H22ClFN2O. The molecule has 0 radical (unpaired) electrons. The lowest BCUT2D eigenvalue weighted by molar-refractivity contribution is 0.308. The smallest absolute Gasteiger partial charge is 0.165 e. The first-order chi connectivity index (χ1) is 13.0. The summed E-state index contributed by atoms with van der Waals surface area (Å²) in [6.07, 6.45) is 3.09. The van der Waals surface area contributed by atoms with Crippen LogP contribution in [0.5, 0.6) is 5.75 Å². The molecule has 3 nitrogen and oxygen atoms in total. The highest BCUT2D eigenvalue weighted by Crippen LogP contribution is 2.34. The second-order valence-corrected chi connectivity index (χ2v) is 7.54. The van der Waals surface area contributed by atoms with Crippen molar-refractivity contribution in [3.8, 4) is 5.75 Å². The Morgan fingerprint density at radius 3 is 2.78 bits per heavy atom. The summed E-state index contributed by atoms with van der Waals surface area (Å²) in [6.45, 7) is 3.91. The molecule has 1 aliphatic heterocycles. The van der Waals surface area contributed by atoms with E-state index in [4.69, 9.17) is 16.3 Å². The molecule has 5 heteroatoms. The molecule has 0 fully saturated rings. The van der Waals surface area contributed by atoms with E-state index in [1.54, 1.807) is 6.07 Å². The Morgan fingerprint density at radius 1 is 1.22 bits per heavy atom. The van der Waals surface area contributed by atoms with E-state index in [0.717, 1.165) is 41.2 Å². The van der Waals surface area contributed by atoms with Crippen LogP contribution >= 0.6 is 11.6 Å². The number of ether oxygens (including phenoxy) is 1. The molecule has 0 spiro atoms. The first-order valence-corrected chi connectivity index (χ1v) is 9.38. The van der Waals surface area contributed by atoms with Gasteiger partial charge in [0, 0.05) is 35.4 Å². The third-order valence-corrected chi connectivity index (χ3v) is 5.51. The summed E-state index contributed by atoms with van der Waals surface area (Å²) in [7, 11) is 3.61. The summed E-state index contributed by atoms with van der Waals surface area (Å²) in [5.41, 5.74) is 5.58. The van der Waals surface area contributed by atoms with Crippen molar-refractivity contribution >= 4 is 34.3 Å². The average Bonchev–Trinajstić information content (AvgIpc) is 2.94. The molecule has 140 valence electrons. The number of fused-ring (bicyclic) bond motifs is 3. The summed E-state index contributed by atoms with van der Waals surface area (Å²) < 4.78 is 21.4. The molecular weight excluding hydrogens is 363 g/mol. The summed E-state index contributed by atoms with van der Waals surface area (Å²) in [5, 5.41) is 1.95. The number of hydrogen-bond acceptors (Lipinski definition) is 2. The molecule has 0 unspecified atom stereocenters. The van der Waals surface area contributed by atoms with E-state index in [1.807, 2.05) is 25.1 Å². The van der Waals surface area contributed by atoms with Gasteiger partial charge in [-0.05, 0) is 67.4 Å². The van der Waals surface area contributed by atoms with Crippen LogP contribution in [-0.2, 0) is 13.0 Å².